The Bertz CT molecular complexity index is 171. The van der Waals surface area contributed by atoms with E-state index in [1.807, 2.05) is 35.1 Å². The van der Waals surface area contributed by atoms with E-state index in [2.05, 4.69) is 0 Å². The summed E-state index contributed by atoms with van der Waals surface area (Å²) < 4.78 is 9.44. The third kappa shape index (κ3) is 4.98. The van der Waals surface area contributed by atoms with E-state index < -0.39 is 0 Å². The van der Waals surface area contributed by atoms with E-state index in [9.17, 15) is 0 Å². The van der Waals surface area contributed by atoms with Gasteiger partial charge in [0, 0.05) is 10.8 Å². The van der Waals surface area contributed by atoms with E-state index in [0.717, 1.165) is 0 Å². The summed E-state index contributed by atoms with van der Waals surface area (Å²) in [6.07, 6.45) is 10.8. The van der Waals surface area contributed by atoms with Crippen molar-refractivity contribution in [2.24, 2.45) is 0 Å². The molecule has 0 aromatic heterocycles. The Balaban J connectivity index is 0.000000120. The van der Waals surface area contributed by atoms with Crippen LogP contribution in [0.3, 0.4) is 0 Å². The van der Waals surface area contributed by atoms with Gasteiger partial charge in [0.15, 0.2) is 0 Å². The molecule has 2 aliphatic heterocycles. The van der Waals surface area contributed by atoms with Gasteiger partial charge in [-0.2, -0.15) is 0 Å². The number of hydrogen-bond acceptors (Lipinski definition) is 4. The Morgan fingerprint density at radius 3 is 1.25 bits per heavy atom. The lowest BCUT2D eigenvalue weighted by molar-refractivity contribution is 0.569. The highest BCUT2D eigenvalue weighted by atomic mass is 32.2. The largest absolute Gasteiger partial charge is 0.429 e. The predicted octanol–water partition coefficient (Wildman–Crippen LogP) is 3.38. The number of allylic oxidation sites excluding steroid dienone is 4. The molecule has 0 aliphatic carbocycles. The molecule has 0 saturated heterocycles. The minimum Gasteiger partial charge on any atom is -0.429 e. The first-order chi connectivity index (χ1) is 6.00. The van der Waals surface area contributed by atoms with Crippen molar-refractivity contribution >= 4 is 24.1 Å². The molecule has 2 heterocycles. The van der Waals surface area contributed by atoms with Crippen molar-refractivity contribution in [2.75, 3.05) is 0 Å². The standard InChI is InChI=1S/2C4H4OS/c2*1-2-4-6-5-3-1/h2*1-4H. The molecule has 2 aliphatic rings. The van der Waals surface area contributed by atoms with Gasteiger partial charge in [-0.3, -0.25) is 0 Å². The van der Waals surface area contributed by atoms with Gasteiger partial charge in [0.25, 0.3) is 0 Å². The maximum atomic E-state index is 4.72. The van der Waals surface area contributed by atoms with Crippen LogP contribution in [0.4, 0.5) is 0 Å². The zero-order valence-electron chi connectivity index (χ0n) is 6.25. The van der Waals surface area contributed by atoms with Crippen LogP contribution in [-0.2, 0) is 8.37 Å². The summed E-state index contributed by atoms with van der Waals surface area (Å²) in [6.45, 7) is 0. The second-order valence-corrected chi connectivity index (χ2v) is 3.01. The molecule has 2 nitrogen and oxygen atoms in total. The maximum Gasteiger partial charge on any atom is 0.101 e. The number of rotatable bonds is 0. The van der Waals surface area contributed by atoms with Crippen LogP contribution in [0.5, 0.6) is 0 Å². The molecule has 0 saturated carbocycles. The van der Waals surface area contributed by atoms with E-state index >= 15 is 0 Å². The molecule has 12 heavy (non-hydrogen) atoms. The van der Waals surface area contributed by atoms with Gasteiger partial charge in [0.2, 0.25) is 0 Å². The molecule has 64 valence electrons. The summed E-state index contributed by atoms with van der Waals surface area (Å²) in [5.74, 6) is 0. The first kappa shape index (κ1) is 9.35. The summed E-state index contributed by atoms with van der Waals surface area (Å²) in [5.41, 5.74) is 0. The molecule has 2 rings (SSSR count). The van der Waals surface area contributed by atoms with Gasteiger partial charge in [-0.1, -0.05) is 0 Å². The number of hydrogen-bond donors (Lipinski definition) is 0. The molecule has 0 amide bonds. The topological polar surface area (TPSA) is 18.5 Å². The molecule has 0 aromatic rings. The summed E-state index contributed by atoms with van der Waals surface area (Å²) in [5, 5.41) is 3.75. The quantitative estimate of drug-likeness (QED) is 0.558. The monoisotopic (exact) mass is 200 g/mol. The lowest BCUT2D eigenvalue weighted by atomic mass is 10.6. The van der Waals surface area contributed by atoms with Gasteiger partial charge in [-0.05, 0) is 24.3 Å². The van der Waals surface area contributed by atoms with Gasteiger partial charge < -0.3 is 8.37 Å². The smallest absolute Gasteiger partial charge is 0.101 e. The van der Waals surface area contributed by atoms with Gasteiger partial charge in [-0.25, -0.2) is 0 Å². The molecule has 0 aromatic carbocycles. The Labute approximate surface area is 80.4 Å². The summed E-state index contributed by atoms with van der Waals surface area (Å²) in [6, 6.07) is 0. The molecule has 0 spiro atoms. The van der Waals surface area contributed by atoms with Crippen molar-refractivity contribution in [3.05, 3.63) is 47.6 Å². The summed E-state index contributed by atoms with van der Waals surface area (Å²) in [7, 11) is 0. The molecule has 0 unspecified atom stereocenters. The van der Waals surface area contributed by atoms with Crippen LogP contribution in [0.25, 0.3) is 0 Å². The van der Waals surface area contributed by atoms with Crippen molar-refractivity contribution < 1.29 is 8.37 Å². The summed E-state index contributed by atoms with van der Waals surface area (Å²) in [4.78, 5) is 0. The van der Waals surface area contributed by atoms with Gasteiger partial charge in [0.1, 0.15) is 12.5 Å². The van der Waals surface area contributed by atoms with Gasteiger partial charge in [0.05, 0.1) is 24.1 Å². The van der Waals surface area contributed by atoms with E-state index in [1.165, 1.54) is 24.1 Å². The molecule has 0 N–H and O–H groups in total. The maximum absolute atomic E-state index is 4.72. The van der Waals surface area contributed by atoms with E-state index in [-0.39, 0.29) is 0 Å². The molecule has 0 fully saturated rings. The normalized spacial score (nSPS) is 17.3. The van der Waals surface area contributed by atoms with Crippen LogP contribution in [0.15, 0.2) is 47.6 Å². The molecule has 4 heteroatoms. The molecular formula is C8H8O2S2. The lowest BCUT2D eigenvalue weighted by Gasteiger charge is -1.91. The van der Waals surface area contributed by atoms with Crippen molar-refractivity contribution in [3.63, 3.8) is 0 Å². The van der Waals surface area contributed by atoms with Crippen molar-refractivity contribution in [1.82, 2.24) is 0 Å². The van der Waals surface area contributed by atoms with Crippen molar-refractivity contribution in [2.45, 2.75) is 0 Å². The molecule has 0 bridgehead atoms. The van der Waals surface area contributed by atoms with Crippen LogP contribution in [0.2, 0.25) is 0 Å². The van der Waals surface area contributed by atoms with Crippen LogP contribution >= 0.6 is 24.1 Å². The molecule has 0 radical (unpaired) electrons. The second kappa shape index (κ2) is 6.94. The minimum atomic E-state index is 1.33. The molecular weight excluding hydrogens is 192 g/mol. The lowest BCUT2D eigenvalue weighted by Crippen LogP contribution is -1.63. The average Bonchev–Trinajstić information content (AvgIpc) is 2.24. The van der Waals surface area contributed by atoms with Crippen LogP contribution < -0.4 is 0 Å². The van der Waals surface area contributed by atoms with Crippen LogP contribution in [-0.4, -0.2) is 0 Å². The van der Waals surface area contributed by atoms with Crippen molar-refractivity contribution in [1.29, 1.82) is 0 Å². The van der Waals surface area contributed by atoms with Crippen LogP contribution in [0.1, 0.15) is 0 Å². The Hall–Kier alpha value is -0.740. The van der Waals surface area contributed by atoms with E-state index in [4.69, 9.17) is 8.37 Å². The highest BCUT2D eigenvalue weighted by Gasteiger charge is 1.78. The van der Waals surface area contributed by atoms with Crippen molar-refractivity contribution in [3.8, 4) is 0 Å². The third-order valence-electron chi connectivity index (χ3n) is 0.870. The Morgan fingerprint density at radius 1 is 0.667 bits per heavy atom. The Kier molecular flexibility index (Phi) is 5.41. The fourth-order valence-corrected chi connectivity index (χ4v) is 1.13. The first-order valence-electron chi connectivity index (χ1n) is 3.28. The predicted molar refractivity (Wildman–Crippen MR) is 53.9 cm³/mol. The second-order valence-electron chi connectivity index (χ2n) is 1.70. The first-order valence-corrected chi connectivity index (χ1v) is 4.89. The van der Waals surface area contributed by atoms with Gasteiger partial charge >= 0.3 is 0 Å². The van der Waals surface area contributed by atoms with Gasteiger partial charge in [-0.15, -0.1) is 0 Å². The summed E-state index contributed by atoms with van der Waals surface area (Å²) >= 11 is 2.66. The van der Waals surface area contributed by atoms with E-state index in [0.29, 0.717) is 0 Å². The fraction of sp³-hybridized carbons (Fsp3) is 0. The SMILES string of the molecule is C1=COSC=C1.C1=COSC=C1. The van der Waals surface area contributed by atoms with Crippen LogP contribution in [0, 0.1) is 0 Å². The Morgan fingerprint density at radius 2 is 1.17 bits per heavy atom. The fourth-order valence-electron chi connectivity index (χ4n) is 0.438. The molecule has 0 atom stereocenters. The highest BCUT2D eigenvalue weighted by molar-refractivity contribution is 7.97. The highest BCUT2D eigenvalue weighted by Crippen LogP contribution is 2.08. The zero-order chi connectivity index (χ0) is 8.49. The van der Waals surface area contributed by atoms with E-state index in [1.54, 1.807) is 12.5 Å². The minimum absolute atomic E-state index is 1.33. The average molecular weight is 200 g/mol. The zero-order valence-corrected chi connectivity index (χ0v) is 7.88. The third-order valence-corrected chi connectivity index (χ3v) is 1.85.